The lowest BCUT2D eigenvalue weighted by molar-refractivity contribution is -0.116. The third kappa shape index (κ3) is 3.42. The Hall–Kier alpha value is -3.03. The van der Waals surface area contributed by atoms with Gasteiger partial charge in [0.25, 0.3) is 0 Å². The first-order valence-electron chi connectivity index (χ1n) is 10.2. The number of aromatic nitrogens is 3. The second-order valence-corrected chi connectivity index (χ2v) is 8.46. The molecule has 1 unspecified atom stereocenters. The van der Waals surface area contributed by atoms with Crippen LogP contribution in [0.15, 0.2) is 47.7 Å². The second kappa shape index (κ2) is 8.15. The summed E-state index contributed by atoms with van der Waals surface area (Å²) >= 11 is 12.5. The van der Waals surface area contributed by atoms with E-state index >= 15 is 0 Å². The third-order valence-electron chi connectivity index (χ3n) is 5.77. The molecular weight excluding hydrogens is 451 g/mol. The molecule has 1 N–H and O–H groups in total. The highest BCUT2D eigenvalue weighted by Gasteiger charge is 2.37. The average Bonchev–Trinajstić information content (AvgIpc) is 3.23. The number of allylic oxidation sites excluding steroid dienone is 2. The van der Waals surface area contributed by atoms with Gasteiger partial charge in [0.05, 0.1) is 24.3 Å². The summed E-state index contributed by atoms with van der Waals surface area (Å²) in [4.78, 5) is 17.7. The number of rotatable bonds is 4. The molecule has 1 aliphatic heterocycles. The molecule has 0 bridgehead atoms. The molecule has 1 atom stereocenters. The maximum absolute atomic E-state index is 13.0. The van der Waals surface area contributed by atoms with Crippen LogP contribution >= 0.6 is 23.2 Å². The number of carbonyl (C=O) groups excluding carboxylic acids is 1. The molecule has 1 aliphatic carbocycles. The van der Waals surface area contributed by atoms with Crippen molar-refractivity contribution in [3.63, 3.8) is 0 Å². The minimum Gasteiger partial charge on any atom is -0.493 e. The molecular formula is C23H20Cl2N4O3. The molecule has 3 aromatic rings. The van der Waals surface area contributed by atoms with E-state index in [1.807, 2.05) is 24.3 Å². The van der Waals surface area contributed by atoms with Crippen molar-refractivity contribution >= 4 is 34.9 Å². The molecule has 0 saturated heterocycles. The van der Waals surface area contributed by atoms with Crippen molar-refractivity contribution in [3.05, 3.63) is 63.3 Å². The van der Waals surface area contributed by atoms with Crippen LogP contribution in [-0.2, 0) is 4.79 Å². The Kier molecular flexibility index (Phi) is 5.31. The van der Waals surface area contributed by atoms with E-state index in [-0.39, 0.29) is 5.78 Å². The number of hydrogen-bond acceptors (Lipinski definition) is 6. The van der Waals surface area contributed by atoms with E-state index in [1.165, 1.54) is 0 Å². The van der Waals surface area contributed by atoms with Gasteiger partial charge in [-0.25, -0.2) is 4.68 Å². The molecule has 1 aromatic heterocycles. The number of anilines is 1. The van der Waals surface area contributed by atoms with E-state index in [1.54, 1.807) is 31.0 Å². The molecule has 0 amide bonds. The molecule has 5 rings (SSSR count). The fourth-order valence-corrected chi connectivity index (χ4v) is 4.55. The summed E-state index contributed by atoms with van der Waals surface area (Å²) in [5.41, 5.74) is 3.18. The topological polar surface area (TPSA) is 78.3 Å². The van der Waals surface area contributed by atoms with Gasteiger partial charge in [-0.3, -0.25) is 4.79 Å². The van der Waals surface area contributed by atoms with Gasteiger partial charge in [0.1, 0.15) is 6.04 Å². The minimum atomic E-state index is -0.440. The Labute approximate surface area is 195 Å². The lowest BCUT2D eigenvalue weighted by Gasteiger charge is -2.32. The average molecular weight is 471 g/mol. The summed E-state index contributed by atoms with van der Waals surface area (Å²) in [6.45, 7) is 0. The van der Waals surface area contributed by atoms with Gasteiger partial charge in [0, 0.05) is 23.3 Å². The normalized spacial score (nSPS) is 17.5. The maximum Gasteiger partial charge on any atom is 0.226 e. The van der Waals surface area contributed by atoms with Gasteiger partial charge in [-0.2, -0.15) is 4.98 Å². The highest BCUT2D eigenvalue weighted by atomic mass is 35.5. The predicted octanol–water partition coefficient (Wildman–Crippen LogP) is 5.29. The Morgan fingerprint density at radius 2 is 1.84 bits per heavy atom. The van der Waals surface area contributed by atoms with Gasteiger partial charge in [0.2, 0.25) is 5.95 Å². The van der Waals surface area contributed by atoms with Gasteiger partial charge in [0.15, 0.2) is 23.1 Å². The maximum atomic E-state index is 13.0. The van der Waals surface area contributed by atoms with Crippen LogP contribution in [0.2, 0.25) is 10.0 Å². The first-order chi connectivity index (χ1) is 15.5. The first kappa shape index (κ1) is 20.8. The molecule has 0 fully saturated rings. The molecule has 0 spiro atoms. The third-order valence-corrected chi connectivity index (χ3v) is 6.51. The number of fused-ring (bicyclic) bond motifs is 1. The van der Waals surface area contributed by atoms with Crippen molar-refractivity contribution in [2.24, 2.45) is 0 Å². The number of ketones is 1. The van der Waals surface area contributed by atoms with Crippen LogP contribution in [0.25, 0.3) is 11.4 Å². The fraction of sp³-hybridized carbons (Fsp3) is 0.261. The number of hydrogen-bond donors (Lipinski definition) is 1. The lowest BCUT2D eigenvalue weighted by atomic mass is 9.85. The van der Waals surface area contributed by atoms with Crippen LogP contribution in [0.5, 0.6) is 11.5 Å². The van der Waals surface area contributed by atoms with E-state index in [0.29, 0.717) is 45.3 Å². The van der Waals surface area contributed by atoms with Crippen molar-refractivity contribution in [1.29, 1.82) is 0 Å². The van der Waals surface area contributed by atoms with Crippen LogP contribution in [-0.4, -0.2) is 34.8 Å². The van der Waals surface area contributed by atoms with Crippen LogP contribution in [0.4, 0.5) is 5.95 Å². The zero-order chi connectivity index (χ0) is 22.4. The molecule has 0 radical (unpaired) electrons. The number of ether oxygens (including phenoxy) is 2. The van der Waals surface area contributed by atoms with Crippen molar-refractivity contribution in [2.75, 3.05) is 19.5 Å². The van der Waals surface area contributed by atoms with E-state index in [9.17, 15) is 4.79 Å². The van der Waals surface area contributed by atoms with Crippen LogP contribution in [0.1, 0.15) is 30.9 Å². The summed E-state index contributed by atoms with van der Waals surface area (Å²) in [5, 5.41) is 8.98. The number of nitrogens with one attached hydrogen (secondary N) is 1. The molecule has 2 heterocycles. The van der Waals surface area contributed by atoms with E-state index in [0.717, 1.165) is 29.7 Å². The highest BCUT2D eigenvalue weighted by Crippen LogP contribution is 2.42. The van der Waals surface area contributed by atoms with E-state index in [2.05, 4.69) is 5.32 Å². The molecule has 0 saturated carbocycles. The molecule has 7 nitrogen and oxygen atoms in total. The second-order valence-electron chi connectivity index (χ2n) is 7.64. The van der Waals surface area contributed by atoms with E-state index in [4.69, 9.17) is 42.8 Å². The van der Waals surface area contributed by atoms with Crippen molar-refractivity contribution < 1.29 is 14.3 Å². The molecule has 2 aliphatic rings. The van der Waals surface area contributed by atoms with E-state index < -0.39 is 6.04 Å². The lowest BCUT2D eigenvalue weighted by Crippen LogP contribution is -2.31. The number of methoxy groups -OCH3 is 2. The number of Topliss-reactive ketones (excluding diaryl/α,β-unsaturated/α-hetero) is 1. The summed E-state index contributed by atoms with van der Waals surface area (Å²) in [7, 11) is 3.17. The molecule has 164 valence electrons. The zero-order valence-electron chi connectivity index (χ0n) is 17.5. The summed E-state index contributed by atoms with van der Waals surface area (Å²) in [5.74, 6) is 2.38. The summed E-state index contributed by atoms with van der Waals surface area (Å²) < 4.78 is 12.5. The van der Waals surface area contributed by atoms with Gasteiger partial charge >= 0.3 is 0 Å². The number of halogens is 2. The molecule has 2 aromatic carbocycles. The number of benzene rings is 2. The number of carbonyl (C=O) groups is 1. The Balaban J connectivity index is 1.65. The van der Waals surface area contributed by atoms with Gasteiger partial charge in [-0.1, -0.05) is 29.3 Å². The fourth-order valence-electron chi connectivity index (χ4n) is 4.24. The predicted molar refractivity (Wildman–Crippen MR) is 123 cm³/mol. The standard InChI is InChI=1S/C23H20Cl2N4O3/c1-31-18-9-7-13(11-19(18)32-2)22-27-23-26-16-4-3-5-17(30)20(16)21(29(23)28-22)12-6-8-14(24)15(25)10-12/h6-11,21H,3-5H2,1-2H3,(H,26,27,28). The molecule has 32 heavy (non-hydrogen) atoms. The Bertz CT molecular complexity index is 1270. The SMILES string of the molecule is COc1ccc(-c2nc3n(n2)C(c2ccc(Cl)c(Cl)c2)C2=C(CCCC2=O)N3)cc1OC. The Morgan fingerprint density at radius 3 is 2.59 bits per heavy atom. The largest absolute Gasteiger partial charge is 0.493 e. The van der Waals surface area contributed by atoms with Crippen LogP contribution < -0.4 is 14.8 Å². The van der Waals surface area contributed by atoms with Crippen LogP contribution in [0.3, 0.4) is 0 Å². The first-order valence-corrected chi connectivity index (χ1v) is 10.9. The Morgan fingerprint density at radius 1 is 1.03 bits per heavy atom. The number of nitrogens with zero attached hydrogens (tertiary/aromatic N) is 3. The van der Waals surface area contributed by atoms with Crippen molar-refractivity contribution in [2.45, 2.75) is 25.3 Å². The van der Waals surface area contributed by atoms with Crippen LogP contribution in [0, 0.1) is 0 Å². The van der Waals surface area contributed by atoms with Gasteiger partial charge in [-0.05, 0) is 48.7 Å². The van der Waals surface area contributed by atoms with Crippen molar-refractivity contribution in [3.8, 4) is 22.9 Å². The summed E-state index contributed by atoms with van der Waals surface area (Å²) in [6, 6.07) is 10.5. The van der Waals surface area contributed by atoms with Crippen molar-refractivity contribution in [1.82, 2.24) is 14.8 Å². The van der Waals surface area contributed by atoms with Gasteiger partial charge < -0.3 is 14.8 Å². The van der Waals surface area contributed by atoms with Gasteiger partial charge in [-0.15, -0.1) is 5.10 Å². The quantitative estimate of drug-likeness (QED) is 0.557. The highest BCUT2D eigenvalue weighted by molar-refractivity contribution is 6.42. The minimum absolute atomic E-state index is 0.101. The molecule has 9 heteroatoms. The monoisotopic (exact) mass is 470 g/mol. The zero-order valence-corrected chi connectivity index (χ0v) is 19.0. The smallest absolute Gasteiger partial charge is 0.226 e. The summed E-state index contributed by atoms with van der Waals surface area (Å²) in [6.07, 6.45) is 2.08.